The van der Waals surface area contributed by atoms with Crippen molar-refractivity contribution >= 4 is 11.4 Å². The van der Waals surface area contributed by atoms with Gasteiger partial charge in [-0.05, 0) is 26.2 Å². The molecule has 20 heavy (non-hydrogen) atoms. The number of halogens is 1. The summed E-state index contributed by atoms with van der Waals surface area (Å²) >= 11 is 0. The molecule has 3 N–H and O–H groups in total. The Kier molecular flexibility index (Phi) is 3.70. The van der Waals surface area contributed by atoms with E-state index in [0.717, 1.165) is 31.2 Å². The van der Waals surface area contributed by atoms with Gasteiger partial charge in [0, 0.05) is 37.3 Å². The van der Waals surface area contributed by atoms with Gasteiger partial charge in [-0.25, -0.2) is 4.39 Å². The maximum absolute atomic E-state index is 13.7. The Morgan fingerprint density at radius 2 is 2.20 bits per heavy atom. The zero-order valence-corrected chi connectivity index (χ0v) is 11.9. The summed E-state index contributed by atoms with van der Waals surface area (Å²) < 4.78 is 19.0. The Morgan fingerprint density at radius 3 is 2.90 bits per heavy atom. The van der Waals surface area contributed by atoms with Crippen LogP contribution >= 0.6 is 0 Å². The molecule has 3 rings (SSSR count). The fourth-order valence-electron chi connectivity index (χ4n) is 2.86. The lowest BCUT2D eigenvalue weighted by Gasteiger charge is -2.18. The number of nitrogens with zero attached hydrogens (tertiary/aromatic N) is 1. The molecule has 1 atom stereocenters. The summed E-state index contributed by atoms with van der Waals surface area (Å²) in [5.41, 5.74) is 7.12. The van der Waals surface area contributed by atoms with Crippen LogP contribution in [-0.2, 0) is 0 Å². The standard InChI is InChI=1S/C15H22FN3O/c1-2-20-15-8-14(13(17)7-12(15)16)18-10-5-6-19(9-10)11-3-4-11/h7-8,10-11,18H,2-6,9,17H2,1H3. The van der Waals surface area contributed by atoms with Crippen LogP contribution in [0.15, 0.2) is 12.1 Å². The molecule has 1 aromatic rings. The molecule has 0 spiro atoms. The Balaban J connectivity index is 1.68. The average molecular weight is 279 g/mol. The quantitative estimate of drug-likeness (QED) is 0.813. The van der Waals surface area contributed by atoms with E-state index in [4.69, 9.17) is 10.5 Å². The van der Waals surface area contributed by atoms with Crippen molar-refractivity contribution in [1.29, 1.82) is 0 Å². The second kappa shape index (κ2) is 5.48. The monoisotopic (exact) mass is 279 g/mol. The van der Waals surface area contributed by atoms with Crippen molar-refractivity contribution in [2.75, 3.05) is 30.7 Å². The van der Waals surface area contributed by atoms with Gasteiger partial charge in [-0.15, -0.1) is 0 Å². The Hall–Kier alpha value is -1.49. The Labute approximate surface area is 119 Å². The summed E-state index contributed by atoms with van der Waals surface area (Å²) in [5.74, 6) is -0.137. The van der Waals surface area contributed by atoms with Crippen molar-refractivity contribution in [3.05, 3.63) is 17.9 Å². The maximum Gasteiger partial charge on any atom is 0.167 e. The zero-order valence-electron chi connectivity index (χ0n) is 11.9. The van der Waals surface area contributed by atoms with Crippen LogP contribution in [0.2, 0.25) is 0 Å². The molecule has 0 aromatic heterocycles. The number of nitrogens with one attached hydrogen (secondary N) is 1. The van der Waals surface area contributed by atoms with Crippen LogP contribution in [0.25, 0.3) is 0 Å². The maximum atomic E-state index is 13.7. The van der Waals surface area contributed by atoms with Crippen LogP contribution < -0.4 is 15.8 Å². The minimum atomic E-state index is -0.402. The number of hydrogen-bond acceptors (Lipinski definition) is 4. The molecule has 0 bridgehead atoms. The van der Waals surface area contributed by atoms with E-state index >= 15 is 0 Å². The predicted octanol–water partition coefficient (Wildman–Crippen LogP) is 2.46. The lowest BCUT2D eigenvalue weighted by molar-refractivity contribution is 0.321. The molecule has 1 aliphatic heterocycles. The van der Waals surface area contributed by atoms with E-state index in [-0.39, 0.29) is 5.75 Å². The molecule has 2 fully saturated rings. The minimum absolute atomic E-state index is 0.265. The van der Waals surface area contributed by atoms with E-state index in [9.17, 15) is 4.39 Å². The topological polar surface area (TPSA) is 50.5 Å². The van der Waals surface area contributed by atoms with E-state index in [0.29, 0.717) is 18.3 Å². The van der Waals surface area contributed by atoms with Crippen molar-refractivity contribution in [2.45, 2.75) is 38.3 Å². The first kappa shape index (κ1) is 13.5. The van der Waals surface area contributed by atoms with Gasteiger partial charge in [0.1, 0.15) is 0 Å². The second-order valence-electron chi connectivity index (χ2n) is 5.66. The normalized spacial score (nSPS) is 23.0. The third kappa shape index (κ3) is 2.82. The highest BCUT2D eigenvalue weighted by Crippen LogP contribution is 2.33. The molecular weight excluding hydrogens is 257 g/mol. The van der Waals surface area contributed by atoms with Crippen molar-refractivity contribution < 1.29 is 9.13 Å². The molecule has 110 valence electrons. The molecule has 1 unspecified atom stereocenters. The minimum Gasteiger partial charge on any atom is -0.491 e. The molecule has 0 amide bonds. The molecule has 1 saturated carbocycles. The van der Waals surface area contributed by atoms with Crippen molar-refractivity contribution in [2.24, 2.45) is 0 Å². The van der Waals surface area contributed by atoms with Crippen molar-refractivity contribution in [3.8, 4) is 5.75 Å². The molecule has 4 nitrogen and oxygen atoms in total. The zero-order chi connectivity index (χ0) is 14.1. The summed E-state index contributed by atoms with van der Waals surface area (Å²) in [6.07, 6.45) is 3.77. The molecule has 1 aromatic carbocycles. The number of likely N-dealkylation sites (tertiary alicyclic amines) is 1. The lowest BCUT2D eigenvalue weighted by atomic mass is 10.2. The van der Waals surface area contributed by atoms with Gasteiger partial charge >= 0.3 is 0 Å². The molecule has 1 heterocycles. The number of ether oxygens (including phenoxy) is 1. The smallest absolute Gasteiger partial charge is 0.167 e. The average Bonchev–Trinajstić information content (AvgIpc) is 3.16. The highest BCUT2D eigenvalue weighted by atomic mass is 19.1. The number of anilines is 2. The van der Waals surface area contributed by atoms with Crippen LogP contribution in [0, 0.1) is 5.82 Å². The van der Waals surface area contributed by atoms with Gasteiger partial charge in [0.25, 0.3) is 0 Å². The number of hydrogen-bond donors (Lipinski definition) is 2. The summed E-state index contributed by atoms with van der Waals surface area (Å²) in [6, 6.07) is 4.19. The van der Waals surface area contributed by atoms with Gasteiger partial charge in [-0.1, -0.05) is 0 Å². The molecule has 2 aliphatic rings. The van der Waals surface area contributed by atoms with E-state index in [1.165, 1.54) is 18.9 Å². The number of nitrogens with two attached hydrogens (primary N) is 1. The van der Waals surface area contributed by atoms with Gasteiger partial charge in [0.2, 0.25) is 0 Å². The van der Waals surface area contributed by atoms with E-state index in [2.05, 4.69) is 10.2 Å². The number of rotatable bonds is 5. The predicted molar refractivity (Wildman–Crippen MR) is 78.6 cm³/mol. The summed E-state index contributed by atoms with van der Waals surface area (Å²) in [4.78, 5) is 2.53. The van der Waals surface area contributed by atoms with Gasteiger partial charge < -0.3 is 15.8 Å². The van der Waals surface area contributed by atoms with Crippen molar-refractivity contribution in [3.63, 3.8) is 0 Å². The molecule has 1 saturated heterocycles. The van der Waals surface area contributed by atoms with Crippen LogP contribution in [0.1, 0.15) is 26.2 Å². The molecule has 5 heteroatoms. The third-order valence-electron chi connectivity index (χ3n) is 4.05. The third-order valence-corrected chi connectivity index (χ3v) is 4.05. The molecular formula is C15H22FN3O. The van der Waals surface area contributed by atoms with Crippen LogP contribution in [0.4, 0.5) is 15.8 Å². The van der Waals surface area contributed by atoms with Gasteiger partial charge in [0.15, 0.2) is 11.6 Å². The Bertz CT molecular complexity index is 490. The summed E-state index contributed by atoms with van der Waals surface area (Å²) in [6.45, 7) is 4.47. The van der Waals surface area contributed by atoms with Crippen molar-refractivity contribution in [1.82, 2.24) is 4.90 Å². The number of benzene rings is 1. The fourth-order valence-corrected chi connectivity index (χ4v) is 2.86. The first-order valence-corrected chi connectivity index (χ1v) is 7.39. The largest absolute Gasteiger partial charge is 0.491 e. The first-order valence-electron chi connectivity index (χ1n) is 7.39. The van der Waals surface area contributed by atoms with Crippen LogP contribution in [-0.4, -0.2) is 36.7 Å². The number of nitrogen functional groups attached to an aromatic ring is 1. The van der Waals surface area contributed by atoms with Crippen LogP contribution in [0.3, 0.4) is 0 Å². The molecule has 1 aliphatic carbocycles. The fraction of sp³-hybridized carbons (Fsp3) is 0.600. The first-order chi connectivity index (χ1) is 9.67. The van der Waals surface area contributed by atoms with E-state index in [1.54, 1.807) is 6.07 Å². The van der Waals surface area contributed by atoms with Gasteiger partial charge in [-0.3, -0.25) is 4.90 Å². The highest BCUT2D eigenvalue weighted by molar-refractivity contribution is 5.69. The van der Waals surface area contributed by atoms with Gasteiger partial charge in [0.05, 0.1) is 18.0 Å². The SMILES string of the molecule is CCOc1cc(NC2CCN(C3CC3)C2)c(N)cc1F. The van der Waals surface area contributed by atoms with Gasteiger partial charge in [-0.2, -0.15) is 0 Å². The van der Waals surface area contributed by atoms with E-state index < -0.39 is 5.82 Å². The lowest BCUT2D eigenvalue weighted by Crippen LogP contribution is -2.28. The summed E-state index contributed by atoms with van der Waals surface area (Å²) in [7, 11) is 0. The second-order valence-corrected chi connectivity index (χ2v) is 5.66. The summed E-state index contributed by atoms with van der Waals surface area (Å²) in [5, 5.41) is 3.43. The molecule has 0 radical (unpaired) electrons. The van der Waals surface area contributed by atoms with E-state index in [1.807, 2.05) is 6.92 Å². The Morgan fingerprint density at radius 1 is 1.40 bits per heavy atom. The van der Waals surface area contributed by atoms with Crippen LogP contribution in [0.5, 0.6) is 5.75 Å². The highest BCUT2D eigenvalue weighted by Gasteiger charge is 2.34.